The van der Waals surface area contributed by atoms with E-state index in [9.17, 15) is 4.79 Å². The van der Waals surface area contributed by atoms with Gasteiger partial charge in [-0.25, -0.2) is 4.98 Å². The molecule has 0 N–H and O–H groups in total. The molecule has 4 aromatic rings. The van der Waals surface area contributed by atoms with Gasteiger partial charge < -0.3 is 4.74 Å². The SMILES string of the molecule is COc1cccc(C(=O)N(Cc2ccccc2)c2nc3c(C)cc(Cl)cc3s2)c1. The smallest absolute Gasteiger partial charge is 0.260 e. The fourth-order valence-corrected chi connectivity index (χ4v) is 4.58. The molecule has 4 rings (SSSR count). The highest BCUT2D eigenvalue weighted by molar-refractivity contribution is 7.22. The van der Waals surface area contributed by atoms with Crippen LogP contribution in [-0.2, 0) is 6.54 Å². The highest BCUT2D eigenvalue weighted by Crippen LogP contribution is 2.34. The van der Waals surface area contributed by atoms with E-state index in [0.29, 0.717) is 28.0 Å². The predicted molar refractivity (Wildman–Crippen MR) is 119 cm³/mol. The van der Waals surface area contributed by atoms with Gasteiger partial charge in [-0.15, -0.1) is 0 Å². The van der Waals surface area contributed by atoms with Crippen molar-refractivity contribution in [3.63, 3.8) is 0 Å². The molecule has 0 unspecified atom stereocenters. The van der Waals surface area contributed by atoms with Crippen molar-refractivity contribution in [2.24, 2.45) is 0 Å². The minimum atomic E-state index is -0.129. The third-order valence-electron chi connectivity index (χ3n) is 4.62. The molecule has 146 valence electrons. The number of anilines is 1. The van der Waals surface area contributed by atoms with E-state index in [4.69, 9.17) is 21.3 Å². The lowest BCUT2D eigenvalue weighted by Gasteiger charge is -2.20. The molecule has 0 aliphatic carbocycles. The number of ether oxygens (including phenoxy) is 1. The summed E-state index contributed by atoms with van der Waals surface area (Å²) in [4.78, 5) is 19.9. The van der Waals surface area contributed by atoms with E-state index in [0.717, 1.165) is 21.3 Å². The Morgan fingerprint density at radius 2 is 1.90 bits per heavy atom. The Morgan fingerprint density at radius 3 is 2.66 bits per heavy atom. The molecule has 1 aromatic heterocycles. The summed E-state index contributed by atoms with van der Waals surface area (Å²) >= 11 is 7.68. The van der Waals surface area contributed by atoms with Crippen molar-refractivity contribution in [2.45, 2.75) is 13.5 Å². The van der Waals surface area contributed by atoms with Gasteiger partial charge in [0.1, 0.15) is 5.75 Å². The molecule has 4 nitrogen and oxygen atoms in total. The van der Waals surface area contributed by atoms with E-state index in [1.807, 2.05) is 61.5 Å². The van der Waals surface area contributed by atoms with Crippen LogP contribution < -0.4 is 9.64 Å². The summed E-state index contributed by atoms with van der Waals surface area (Å²) in [6.07, 6.45) is 0. The molecule has 6 heteroatoms. The standard InChI is InChI=1S/C23H19ClN2O2S/c1-15-11-18(24)13-20-21(15)25-23(29-20)26(14-16-7-4-3-5-8-16)22(27)17-9-6-10-19(12-17)28-2/h3-13H,14H2,1-2H3. The van der Waals surface area contributed by atoms with Crippen LogP contribution in [0, 0.1) is 6.92 Å². The maximum absolute atomic E-state index is 13.5. The first kappa shape index (κ1) is 19.4. The summed E-state index contributed by atoms with van der Waals surface area (Å²) in [6, 6.07) is 20.8. The van der Waals surface area contributed by atoms with Crippen LogP contribution in [0.15, 0.2) is 66.7 Å². The second-order valence-corrected chi connectivity index (χ2v) is 8.12. The molecule has 0 fully saturated rings. The molecule has 1 amide bonds. The number of hydrogen-bond acceptors (Lipinski definition) is 4. The topological polar surface area (TPSA) is 42.4 Å². The fraction of sp³-hybridized carbons (Fsp3) is 0.130. The molecule has 1 heterocycles. The summed E-state index contributed by atoms with van der Waals surface area (Å²) in [5.74, 6) is 0.512. The van der Waals surface area contributed by atoms with Crippen LogP contribution in [0.5, 0.6) is 5.75 Å². The van der Waals surface area contributed by atoms with Crippen LogP contribution in [0.2, 0.25) is 5.02 Å². The van der Waals surface area contributed by atoms with E-state index in [1.54, 1.807) is 24.1 Å². The molecule has 0 saturated heterocycles. The fourth-order valence-electron chi connectivity index (χ4n) is 3.16. The number of carbonyl (C=O) groups excluding carboxylic acids is 1. The van der Waals surface area contributed by atoms with Crippen molar-refractivity contribution < 1.29 is 9.53 Å². The number of thiazole rings is 1. The maximum Gasteiger partial charge on any atom is 0.260 e. The van der Waals surface area contributed by atoms with Crippen molar-refractivity contribution in [2.75, 3.05) is 12.0 Å². The Morgan fingerprint density at radius 1 is 1.10 bits per heavy atom. The van der Waals surface area contributed by atoms with Crippen LogP contribution in [0.1, 0.15) is 21.5 Å². The van der Waals surface area contributed by atoms with Crippen molar-refractivity contribution in [3.05, 3.63) is 88.4 Å². The number of benzene rings is 3. The zero-order valence-electron chi connectivity index (χ0n) is 16.1. The molecule has 0 aliphatic heterocycles. The number of carbonyl (C=O) groups is 1. The van der Waals surface area contributed by atoms with Gasteiger partial charge in [-0.3, -0.25) is 9.69 Å². The first-order chi connectivity index (χ1) is 14.0. The quantitative estimate of drug-likeness (QED) is 0.389. The van der Waals surface area contributed by atoms with Gasteiger partial charge in [0.25, 0.3) is 5.91 Å². The van der Waals surface area contributed by atoms with Gasteiger partial charge in [0.05, 0.1) is 23.9 Å². The lowest BCUT2D eigenvalue weighted by molar-refractivity contribution is 0.0985. The molecule has 0 radical (unpaired) electrons. The molecule has 0 atom stereocenters. The lowest BCUT2D eigenvalue weighted by atomic mass is 10.1. The Kier molecular flexibility index (Phi) is 5.51. The zero-order valence-corrected chi connectivity index (χ0v) is 17.6. The number of aromatic nitrogens is 1. The van der Waals surface area contributed by atoms with Gasteiger partial charge in [-0.2, -0.15) is 0 Å². The van der Waals surface area contributed by atoms with Gasteiger partial charge in [0, 0.05) is 10.6 Å². The molecule has 29 heavy (non-hydrogen) atoms. The summed E-state index contributed by atoms with van der Waals surface area (Å²) < 4.78 is 6.25. The third-order valence-corrected chi connectivity index (χ3v) is 5.86. The monoisotopic (exact) mass is 422 g/mol. The van der Waals surface area contributed by atoms with Crippen molar-refractivity contribution in [3.8, 4) is 5.75 Å². The highest BCUT2D eigenvalue weighted by Gasteiger charge is 2.22. The maximum atomic E-state index is 13.5. The van der Waals surface area contributed by atoms with E-state index >= 15 is 0 Å². The number of methoxy groups -OCH3 is 1. The predicted octanol–water partition coefficient (Wildman–Crippen LogP) is 6.11. The van der Waals surface area contributed by atoms with Crippen LogP contribution in [-0.4, -0.2) is 18.0 Å². The average Bonchev–Trinajstić information content (AvgIpc) is 3.16. The largest absolute Gasteiger partial charge is 0.497 e. The van der Waals surface area contributed by atoms with Gasteiger partial charge in [0.2, 0.25) is 0 Å². The van der Waals surface area contributed by atoms with Crippen LogP contribution in [0.25, 0.3) is 10.2 Å². The Balaban J connectivity index is 1.79. The number of nitrogens with zero attached hydrogens (tertiary/aromatic N) is 2. The highest BCUT2D eigenvalue weighted by atomic mass is 35.5. The number of halogens is 1. The first-order valence-corrected chi connectivity index (χ1v) is 10.3. The normalized spacial score (nSPS) is 10.9. The molecular weight excluding hydrogens is 404 g/mol. The van der Waals surface area contributed by atoms with Crippen molar-refractivity contribution in [1.82, 2.24) is 4.98 Å². The van der Waals surface area contributed by atoms with Crippen LogP contribution >= 0.6 is 22.9 Å². The van der Waals surface area contributed by atoms with Gasteiger partial charge in [-0.1, -0.05) is 59.3 Å². The second kappa shape index (κ2) is 8.23. The summed E-state index contributed by atoms with van der Waals surface area (Å²) in [6.45, 7) is 2.40. The summed E-state index contributed by atoms with van der Waals surface area (Å²) in [5, 5.41) is 1.31. The number of amides is 1. The zero-order chi connectivity index (χ0) is 20.4. The Bertz CT molecular complexity index is 1170. The third kappa shape index (κ3) is 4.11. The van der Waals surface area contributed by atoms with Crippen molar-refractivity contribution in [1.29, 1.82) is 0 Å². The minimum Gasteiger partial charge on any atom is -0.497 e. The number of fused-ring (bicyclic) bond motifs is 1. The van der Waals surface area contributed by atoms with Crippen LogP contribution in [0.4, 0.5) is 5.13 Å². The average molecular weight is 423 g/mol. The number of aryl methyl sites for hydroxylation is 1. The molecule has 3 aromatic carbocycles. The lowest BCUT2D eigenvalue weighted by Crippen LogP contribution is -2.30. The second-order valence-electron chi connectivity index (χ2n) is 6.67. The van der Waals surface area contributed by atoms with Crippen LogP contribution in [0.3, 0.4) is 0 Å². The number of rotatable bonds is 5. The van der Waals surface area contributed by atoms with Crippen molar-refractivity contribution >= 4 is 44.2 Å². The molecule has 0 aliphatic rings. The van der Waals surface area contributed by atoms with Gasteiger partial charge >= 0.3 is 0 Å². The number of hydrogen-bond donors (Lipinski definition) is 0. The molecule has 0 saturated carbocycles. The van der Waals surface area contributed by atoms with E-state index in [2.05, 4.69) is 0 Å². The summed E-state index contributed by atoms with van der Waals surface area (Å²) in [5.41, 5.74) is 3.43. The van der Waals surface area contributed by atoms with Gasteiger partial charge in [0.15, 0.2) is 5.13 Å². The van der Waals surface area contributed by atoms with E-state index < -0.39 is 0 Å². The van der Waals surface area contributed by atoms with Gasteiger partial charge in [-0.05, 0) is 48.4 Å². The Hall–Kier alpha value is -2.89. The summed E-state index contributed by atoms with van der Waals surface area (Å²) in [7, 11) is 1.59. The molecule has 0 spiro atoms. The molecular formula is C23H19ClN2O2S. The molecule has 0 bridgehead atoms. The van der Waals surface area contributed by atoms with E-state index in [1.165, 1.54) is 11.3 Å². The first-order valence-electron chi connectivity index (χ1n) is 9.11. The minimum absolute atomic E-state index is 0.129. The Labute approximate surface area is 178 Å². The van der Waals surface area contributed by atoms with E-state index in [-0.39, 0.29) is 5.91 Å².